The van der Waals surface area contributed by atoms with E-state index in [1.165, 1.54) is 25.1 Å². The maximum Gasteiger partial charge on any atom is 0.354 e. The Labute approximate surface area is 165 Å². The zero-order chi connectivity index (χ0) is 20.0. The molecular formula is C19H26N4O4S. The molecule has 0 spiro atoms. The van der Waals surface area contributed by atoms with E-state index < -0.39 is 16.0 Å². The number of hydrogen-bond acceptors (Lipinski definition) is 6. The van der Waals surface area contributed by atoms with Crippen LogP contribution >= 0.6 is 0 Å². The van der Waals surface area contributed by atoms with Crippen molar-refractivity contribution in [2.45, 2.75) is 11.3 Å². The number of carbonyl (C=O) groups excluding carboxylic acids is 1. The summed E-state index contributed by atoms with van der Waals surface area (Å²) >= 11 is 0. The SMILES string of the molecule is COC(=O)c1cc(S(=O)(=O)NCCCN2CCN(c3ccccc3)CC2)c[nH]1. The van der Waals surface area contributed by atoms with E-state index in [9.17, 15) is 13.2 Å². The van der Waals surface area contributed by atoms with Gasteiger partial charge in [-0.25, -0.2) is 17.9 Å². The third-order valence-corrected chi connectivity index (χ3v) is 6.25. The molecule has 2 aromatic rings. The Morgan fingerprint density at radius 2 is 1.89 bits per heavy atom. The number of nitrogens with one attached hydrogen (secondary N) is 2. The molecule has 1 saturated heterocycles. The zero-order valence-corrected chi connectivity index (χ0v) is 16.7. The largest absolute Gasteiger partial charge is 0.464 e. The molecular weight excluding hydrogens is 380 g/mol. The van der Waals surface area contributed by atoms with Crippen LogP contribution in [-0.4, -0.2) is 70.6 Å². The van der Waals surface area contributed by atoms with Crippen molar-refractivity contribution in [2.24, 2.45) is 0 Å². The van der Waals surface area contributed by atoms with Crippen molar-refractivity contribution in [3.8, 4) is 0 Å². The van der Waals surface area contributed by atoms with Gasteiger partial charge in [-0.05, 0) is 31.2 Å². The first-order valence-electron chi connectivity index (χ1n) is 9.28. The number of benzene rings is 1. The Kier molecular flexibility index (Phi) is 6.71. The van der Waals surface area contributed by atoms with Crippen molar-refractivity contribution in [3.63, 3.8) is 0 Å². The molecule has 1 aromatic carbocycles. The van der Waals surface area contributed by atoms with E-state index >= 15 is 0 Å². The Morgan fingerprint density at radius 3 is 2.57 bits per heavy atom. The van der Waals surface area contributed by atoms with Gasteiger partial charge in [-0.1, -0.05) is 18.2 Å². The number of piperazine rings is 1. The molecule has 2 heterocycles. The van der Waals surface area contributed by atoms with Crippen molar-refractivity contribution in [1.29, 1.82) is 0 Å². The molecule has 1 fully saturated rings. The van der Waals surface area contributed by atoms with E-state index in [0.29, 0.717) is 6.54 Å². The molecule has 1 aromatic heterocycles. The molecule has 1 aliphatic heterocycles. The summed E-state index contributed by atoms with van der Waals surface area (Å²) in [6.45, 7) is 5.04. The number of rotatable bonds is 8. The van der Waals surface area contributed by atoms with Gasteiger partial charge in [0.2, 0.25) is 10.0 Å². The van der Waals surface area contributed by atoms with Gasteiger partial charge in [0.05, 0.1) is 7.11 Å². The van der Waals surface area contributed by atoms with E-state index in [0.717, 1.165) is 39.1 Å². The fraction of sp³-hybridized carbons (Fsp3) is 0.421. The number of ether oxygens (including phenoxy) is 1. The predicted molar refractivity (Wildman–Crippen MR) is 107 cm³/mol. The van der Waals surface area contributed by atoms with Gasteiger partial charge < -0.3 is 14.6 Å². The standard InChI is InChI=1S/C19H26N4O4S/c1-27-19(24)18-14-17(15-20-18)28(25,26)21-8-5-9-22-10-12-23(13-11-22)16-6-3-2-4-7-16/h2-4,6-7,14-15,20-21H,5,8-13H2,1H3. The van der Waals surface area contributed by atoms with E-state index in [4.69, 9.17) is 0 Å². The fourth-order valence-electron chi connectivity index (χ4n) is 3.22. The second-order valence-corrected chi connectivity index (χ2v) is 8.42. The van der Waals surface area contributed by atoms with E-state index in [2.05, 4.69) is 36.4 Å². The third-order valence-electron chi connectivity index (χ3n) is 4.81. The third kappa shape index (κ3) is 5.12. The summed E-state index contributed by atoms with van der Waals surface area (Å²) in [4.78, 5) is 18.8. The number of para-hydroxylation sites is 1. The first-order valence-corrected chi connectivity index (χ1v) is 10.8. The molecule has 0 amide bonds. The molecule has 0 radical (unpaired) electrons. The lowest BCUT2D eigenvalue weighted by Gasteiger charge is -2.36. The average Bonchev–Trinajstić information content (AvgIpc) is 3.23. The van der Waals surface area contributed by atoms with Gasteiger partial charge in [0, 0.05) is 44.6 Å². The molecule has 152 valence electrons. The quantitative estimate of drug-likeness (QED) is 0.507. The van der Waals surface area contributed by atoms with Crippen LogP contribution in [0.4, 0.5) is 5.69 Å². The zero-order valence-electron chi connectivity index (χ0n) is 15.9. The smallest absolute Gasteiger partial charge is 0.354 e. The lowest BCUT2D eigenvalue weighted by Crippen LogP contribution is -2.47. The molecule has 0 unspecified atom stereocenters. The summed E-state index contributed by atoms with van der Waals surface area (Å²) in [6, 6.07) is 11.6. The topological polar surface area (TPSA) is 94.7 Å². The summed E-state index contributed by atoms with van der Waals surface area (Å²) in [5.41, 5.74) is 1.35. The lowest BCUT2D eigenvalue weighted by molar-refractivity contribution is 0.0594. The van der Waals surface area contributed by atoms with Crippen molar-refractivity contribution in [2.75, 3.05) is 51.3 Å². The van der Waals surface area contributed by atoms with Gasteiger partial charge >= 0.3 is 5.97 Å². The van der Waals surface area contributed by atoms with Crippen LogP contribution in [0.15, 0.2) is 47.5 Å². The second kappa shape index (κ2) is 9.22. The molecule has 0 atom stereocenters. The van der Waals surface area contributed by atoms with Gasteiger partial charge in [0.15, 0.2) is 0 Å². The van der Waals surface area contributed by atoms with Crippen molar-refractivity contribution < 1.29 is 17.9 Å². The first kappa shape index (κ1) is 20.4. The normalized spacial score (nSPS) is 15.5. The van der Waals surface area contributed by atoms with Crippen LogP contribution in [-0.2, 0) is 14.8 Å². The minimum Gasteiger partial charge on any atom is -0.464 e. The highest BCUT2D eigenvalue weighted by Crippen LogP contribution is 2.15. The fourth-order valence-corrected chi connectivity index (χ4v) is 4.29. The van der Waals surface area contributed by atoms with E-state index in [1.54, 1.807) is 0 Å². The average molecular weight is 407 g/mol. The lowest BCUT2D eigenvalue weighted by atomic mass is 10.2. The number of sulfonamides is 1. The van der Waals surface area contributed by atoms with Crippen molar-refractivity contribution in [3.05, 3.63) is 48.3 Å². The number of anilines is 1. The minimum atomic E-state index is -3.64. The summed E-state index contributed by atoms with van der Waals surface area (Å²) in [7, 11) is -2.40. The van der Waals surface area contributed by atoms with Crippen LogP contribution in [0.2, 0.25) is 0 Å². The Bertz CT molecular complexity index is 874. The molecule has 3 rings (SSSR count). The van der Waals surface area contributed by atoms with Crippen LogP contribution < -0.4 is 9.62 Å². The Hall–Kier alpha value is -2.36. The van der Waals surface area contributed by atoms with Crippen LogP contribution in [0.1, 0.15) is 16.9 Å². The summed E-state index contributed by atoms with van der Waals surface area (Å²) in [5, 5.41) is 0. The van der Waals surface area contributed by atoms with Crippen molar-refractivity contribution in [1.82, 2.24) is 14.6 Å². The molecule has 0 aliphatic carbocycles. The number of nitrogens with zero attached hydrogens (tertiary/aromatic N) is 2. The first-order chi connectivity index (χ1) is 13.5. The molecule has 8 nitrogen and oxygen atoms in total. The van der Waals surface area contributed by atoms with Crippen LogP contribution in [0.3, 0.4) is 0 Å². The molecule has 9 heteroatoms. The highest BCUT2D eigenvalue weighted by atomic mass is 32.2. The number of carbonyl (C=O) groups is 1. The van der Waals surface area contributed by atoms with E-state index in [1.807, 2.05) is 18.2 Å². The van der Waals surface area contributed by atoms with Crippen molar-refractivity contribution >= 4 is 21.7 Å². The number of aromatic nitrogens is 1. The molecule has 0 saturated carbocycles. The number of H-pyrrole nitrogens is 1. The van der Waals surface area contributed by atoms with Gasteiger partial charge in [-0.15, -0.1) is 0 Å². The number of aromatic amines is 1. The second-order valence-electron chi connectivity index (χ2n) is 6.66. The van der Waals surface area contributed by atoms with Crippen LogP contribution in [0, 0.1) is 0 Å². The Morgan fingerprint density at radius 1 is 1.18 bits per heavy atom. The van der Waals surface area contributed by atoms with E-state index in [-0.39, 0.29) is 10.6 Å². The highest BCUT2D eigenvalue weighted by Gasteiger charge is 2.19. The molecule has 0 bridgehead atoms. The van der Waals surface area contributed by atoms with Crippen LogP contribution in [0.25, 0.3) is 0 Å². The molecule has 1 aliphatic rings. The minimum absolute atomic E-state index is 0.0318. The monoisotopic (exact) mass is 406 g/mol. The highest BCUT2D eigenvalue weighted by molar-refractivity contribution is 7.89. The number of methoxy groups -OCH3 is 1. The van der Waals surface area contributed by atoms with Gasteiger partial charge in [0.25, 0.3) is 0 Å². The number of hydrogen-bond donors (Lipinski definition) is 2. The van der Waals surface area contributed by atoms with Gasteiger partial charge in [-0.3, -0.25) is 4.90 Å². The predicted octanol–water partition coefficient (Wildman–Crippen LogP) is 1.29. The molecule has 2 N–H and O–H groups in total. The number of esters is 1. The summed E-state index contributed by atoms with van der Waals surface area (Å²) < 4.78 is 31.8. The molecule has 28 heavy (non-hydrogen) atoms. The Balaban J connectivity index is 1.40. The van der Waals surface area contributed by atoms with Gasteiger partial charge in [-0.2, -0.15) is 0 Å². The summed E-state index contributed by atoms with van der Waals surface area (Å²) in [6.07, 6.45) is 2.01. The van der Waals surface area contributed by atoms with Crippen LogP contribution in [0.5, 0.6) is 0 Å². The maximum atomic E-state index is 12.3. The maximum absolute atomic E-state index is 12.3. The van der Waals surface area contributed by atoms with Gasteiger partial charge in [0.1, 0.15) is 10.6 Å². The summed E-state index contributed by atoms with van der Waals surface area (Å²) in [5.74, 6) is -0.601.